The number of carbonyl (C=O) groups is 2. The van der Waals surface area contributed by atoms with Gasteiger partial charge in [-0.15, -0.1) is 11.3 Å². The number of carbonyl (C=O) groups excluding carboxylic acids is 2. The van der Waals surface area contributed by atoms with Crippen molar-refractivity contribution < 1.29 is 14.3 Å². The summed E-state index contributed by atoms with van der Waals surface area (Å²) in [6.45, 7) is 4.43. The van der Waals surface area contributed by atoms with Gasteiger partial charge >= 0.3 is 0 Å². The number of morpholine rings is 1. The lowest BCUT2D eigenvalue weighted by atomic mass is 10.1. The third-order valence-corrected chi connectivity index (χ3v) is 6.19. The molecule has 1 aromatic carbocycles. The molecule has 2 aromatic rings. The second-order valence-electron chi connectivity index (χ2n) is 6.91. The summed E-state index contributed by atoms with van der Waals surface area (Å²) in [6.07, 6.45) is 0.213. The Hall–Kier alpha value is -1.81. The molecule has 1 aromatic heterocycles. The van der Waals surface area contributed by atoms with E-state index in [1.54, 1.807) is 4.90 Å². The lowest BCUT2D eigenvalue weighted by Gasteiger charge is -2.25. The van der Waals surface area contributed by atoms with Crippen LogP contribution in [0.25, 0.3) is 0 Å². The predicted octanol–water partition coefficient (Wildman–Crippen LogP) is 2.73. The number of ether oxygens (including phenoxy) is 1. The van der Waals surface area contributed by atoms with E-state index >= 15 is 0 Å². The summed E-state index contributed by atoms with van der Waals surface area (Å²) in [5, 5.41) is 5.44. The number of hydrogen-bond acceptors (Lipinski definition) is 6. The van der Waals surface area contributed by atoms with E-state index in [0.717, 1.165) is 48.7 Å². The van der Waals surface area contributed by atoms with Gasteiger partial charge in [0.25, 0.3) is 0 Å². The van der Waals surface area contributed by atoms with Crippen molar-refractivity contribution >= 4 is 49.9 Å². The Bertz CT molecular complexity index is 868. The van der Waals surface area contributed by atoms with Gasteiger partial charge in [0, 0.05) is 48.1 Å². The number of halogens is 1. The number of amides is 2. The van der Waals surface area contributed by atoms with Crippen LogP contribution in [0, 0.1) is 5.92 Å². The Morgan fingerprint density at radius 1 is 1.36 bits per heavy atom. The lowest BCUT2D eigenvalue weighted by molar-refractivity contribution is -0.122. The first-order valence-corrected chi connectivity index (χ1v) is 10.9. The fraction of sp³-hybridized carbons (Fsp3) is 0.421. The Balaban J connectivity index is 1.34. The number of anilines is 2. The summed E-state index contributed by atoms with van der Waals surface area (Å²) in [4.78, 5) is 33.5. The summed E-state index contributed by atoms with van der Waals surface area (Å²) < 4.78 is 6.26. The molecular formula is C19H21BrN4O3S. The highest BCUT2D eigenvalue weighted by Gasteiger charge is 2.35. The molecule has 0 spiro atoms. The molecule has 28 heavy (non-hydrogen) atoms. The van der Waals surface area contributed by atoms with Crippen LogP contribution in [0.1, 0.15) is 12.1 Å². The van der Waals surface area contributed by atoms with E-state index in [1.165, 1.54) is 11.3 Å². The van der Waals surface area contributed by atoms with Gasteiger partial charge in [-0.3, -0.25) is 14.5 Å². The first kappa shape index (κ1) is 19.5. The van der Waals surface area contributed by atoms with Crippen molar-refractivity contribution in [2.75, 3.05) is 43.1 Å². The summed E-state index contributed by atoms with van der Waals surface area (Å²) in [5.74, 6) is -0.568. The van der Waals surface area contributed by atoms with Crippen molar-refractivity contribution in [2.45, 2.75) is 13.0 Å². The van der Waals surface area contributed by atoms with E-state index in [-0.39, 0.29) is 24.2 Å². The van der Waals surface area contributed by atoms with Crippen LogP contribution in [0.15, 0.2) is 34.1 Å². The minimum Gasteiger partial charge on any atom is -0.379 e. The van der Waals surface area contributed by atoms with Gasteiger partial charge in [0.1, 0.15) is 0 Å². The number of thiazole rings is 1. The van der Waals surface area contributed by atoms with Crippen molar-refractivity contribution in [3.63, 3.8) is 0 Å². The maximum atomic E-state index is 12.6. The zero-order valence-corrected chi connectivity index (χ0v) is 17.7. The number of rotatable bonds is 5. The Kier molecular flexibility index (Phi) is 6.05. The van der Waals surface area contributed by atoms with Crippen molar-refractivity contribution in [3.05, 3.63) is 39.8 Å². The number of nitrogens with one attached hydrogen (secondary N) is 1. The SMILES string of the molecule is O=C(Nc1nc(CN2CCOCC2)cs1)C1CC(=O)N(c2cccc(Br)c2)C1. The molecule has 9 heteroatoms. The quantitative estimate of drug-likeness (QED) is 0.735. The first-order valence-electron chi connectivity index (χ1n) is 9.20. The van der Waals surface area contributed by atoms with E-state index < -0.39 is 0 Å². The number of hydrogen-bond donors (Lipinski definition) is 1. The lowest BCUT2D eigenvalue weighted by Crippen LogP contribution is -2.35. The van der Waals surface area contributed by atoms with Gasteiger partial charge in [0.05, 0.1) is 24.8 Å². The molecule has 2 aliphatic heterocycles. The summed E-state index contributed by atoms with van der Waals surface area (Å²) >= 11 is 4.84. The van der Waals surface area contributed by atoms with Crippen LogP contribution >= 0.6 is 27.3 Å². The molecule has 1 unspecified atom stereocenters. The van der Waals surface area contributed by atoms with E-state index in [4.69, 9.17) is 4.74 Å². The summed E-state index contributed by atoms with van der Waals surface area (Å²) in [7, 11) is 0. The van der Waals surface area contributed by atoms with Gasteiger partial charge in [0.2, 0.25) is 11.8 Å². The van der Waals surface area contributed by atoms with Gasteiger partial charge in [-0.1, -0.05) is 22.0 Å². The molecule has 148 valence electrons. The molecule has 0 radical (unpaired) electrons. The van der Waals surface area contributed by atoms with E-state index in [0.29, 0.717) is 11.7 Å². The normalized spacial score (nSPS) is 20.5. The van der Waals surface area contributed by atoms with Crippen molar-refractivity contribution in [2.24, 2.45) is 5.92 Å². The number of benzene rings is 1. The highest BCUT2D eigenvalue weighted by atomic mass is 79.9. The molecule has 0 saturated carbocycles. The Labute approximate surface area is 175 Å². The number of aromatic nitrogens is 1. The zero-order valence-electron chi connectivity index (χ0n) is 15.3. The minimum absolute atomic E-state index is 0.0367. The fourth-order valence-electron chi connectivity index (χ4n) is 3.41. The third kappa shape index (κ3) is 4.60. The molecule has 0 bridgehead atoms. The summed E-state index contributed by atoms with van der Waals surface area (Å²) in [5.41, 5.74) is 1.75. The second kappa shape index (κ2) is 8.69. The maximum absolute atomic E-state index is 12.6. The molecule has 4 rings (SSSR count). The van der Waals surface area contributed by atoms with Gasteiger partial charge < -0.3 is 15.0 Å². The molecule has 2 saturated heterocycles. The topological polar surface area (TPSA) is 74.8 Å². The van der Waals surface area contributed by atoms with Gasteiger partial charge in [-0.25, -0.2) is 4.98 Å². The largest absolute Gasteiger partial charge is 0.379 e. The molecule has 7 nitrogen and oxygen atoms in total. The van der Waals surface area contributed by atoms with Crippen LogP contribution in [-0.2, 0) is 20.9 Å². The zero-order chi connectivity index (χ0) is 19.5. The molecule has 3 heterocycles. The van der Waals surface area contributed by atoms with Crippen LogP contribution in [0.2, 0.25) is 0 Å². The third-order valence-electron chi connectivity index (χ3n) is 4.89. The maximum Gasteiger partial charge on any atom is 0.231 e. The summed E-state index contributed by atoms with van der Waals surface area (Å²) in [6, 6.07) is 7.55. The van der Waals surface area contributed by atoms with E-state index in [9.17, 15) is 9.59 Å². The highest BCUT2D eigenvalue weighted by Crippen LogP contribution is 2.28. The molecule has 1 atom stereocenters. The second-order valence-corrected chi connectivity index (χ2v) is 8.68. The Morgan fingerprint density at radius 3 is 2.96 bits per heavy atom. The van der Waals surface area contributed by atoms with Crippen molar-refractivity contribution in [3.8, 4) is 0 Å². The predicted molar refractivity (Wildman–Crippen MR) is 111 cm³/mol. The van der Waals surface area contributed by atoms with Crippen molar-refractivity contribution in [1.82, 2.24) is 9.88 Å². The van der Waals surface area contributed by atoms with E-state index in [2.05, 4.69) is 31.1 Å². The van der Waals surface area contributed by atoms with E-state index in [1.807, 2.05) is 29.6 Å². The fourth-order valence-corrected chi connectivity index (χ4v) is 4.50. The molecule has 0 aliphatic carbocycles. The minimum atomic E-state index is -0.377. The molecule has 2 fully saturated rings. The smallest absolute Gasteiger partial charge is 0.231 e. The number of nitrogens with zero attached hydrogens (tertiary/aromatic N) is 3. The molecule has 2 aliphatic rings. The van der Waals surface area contributed by atoms with Crippen LogP contribution < -0.4 is 10.2 Å². The van der Waals surface area contributed by atoms with Gasteiger partial charge in [0.15, 0.2) is 5.13 Å². The van der Waals surface area contributed by atoms with Crippen LogP contribution in [0.3, 0.4) is 0 Å². The van der Waals surface area contributed by atoms with Gasteiger partial charge in [-0.05, 0) is 18.2 Å². The molecule has 1 N–H and O–H groups in total. The van der Waals surface area contributed by atoms with Crippen LogP contribution in [-0.4, -0.2) is 54.5 Å². The average Bonchev–Trinajstić information content (AvgIpc) is 3.29. The first-order chi connectivity index (χ1) is 13.6. The Morgan fingerprint density at radius 2 is 2.18 bits per heavy atom. The van der Waals surface area contributed by atoms with Gasteiger partial charge in [-0.2, -0.15) is 0 Å². The average molecular weight is 465 g/mol. The van der Waals surface area contributed by atoms with Crippen LogP contribution in [0.5, 0.6) is 0 Å². The molecular weight excluding hydrogens is 444 g/mol. The monoisotopic (exact) mass is 464 g/mol. The van der Waals surface area contributed by atoms with Crippen molar-refractivity contribution in [1.29, 1.82) is 0 Å². The highest BCUT2D eigenvalue weighted by molar-refractivity contribution is 9.10. The molecule has 2 amide bonds. The standard InChI is InChI=1S/C19H21BrN4O3S/c20-14-2-1-3-16(9-14)24-10-13(8-17(24)25)18(26)22-19-21-15(12-28-19)11-23-4-6-27-7-5-23/h1-3,9,12-13H,4-8,10-11H2,(H,21,22,26). The van der Waals surface area contributed by atoms with Crippen LogP contribution in [0.4, 0.5) is 10.8 Å².